The molecule has 21 heavy (non-hydrogen) atoms. The van der Waals surface area contributed by atoms with Gasteiger partial charge in [0.25, 0.3) is 5.91 Å². The van der Waals surface area contributed by atoms with Crippen LogP contribution in [0, 0.1) is 25.2 Å². The average molecular weight is 308 g/mol. The molecule has 0 saturated carbocycles. The average Bonchev–Trinajstić information content (AvgIpc) is 2.74. The van der Waals surface area contributed by atoms with Gasteiger partial charge in [-0.3, -0.25) is 9.59 Å². The van der Waals surface area contributed by atoms with Crippen LogP contribution in [-0.2, 0) is 9.59 Å². The first kappa shape index (κ1) is 16.7. The number of rotatable bonds is 7. The molecule has 0 saturated heterocycles. The molecule has 0 aromatic carbocycles. The Morgan fingerprint density at radius 2 is 2.19 bits per heavy atom. The van der Waals surface area contributed by atoms with Gasteiger partial charge in [0, 0.05) is 24.0 Å². The van der Waals surface area contributed by atoms with Crippen LogP contribution in [0.3, 0.4) is 0 Å². The number of aliphatic carboxylic acids is 1. The number of hydrogen-bond donors (Lipinski definition) is 3. The second-order valence-corrected chi connectivity index (χ2v) is 5.43. The van der Waals surface area contributed by atoms with Gasteiger partial charge in [0.1, 0.15) is 11.6 Å². The fourth-order valence-corrected chi connectivity index (χ4v) is 2.14. The summed E-state index contributed by atoms with van der Waals surface area (Å²) in [7, 11) is 0. The SMILES string of the molecule is Cc1nc(N/C=C(/C#N)C(=O)NCCCC(=O)O)sc1C. The molecule has 0 aliphatic rings. The van der Waals surface area contributed by atoms with Crippen molar-refractivity contribution >= 4 is 28.3 Å². The Balaban J connectivity index is 2.53. The first-order valence-electron chi connectivity index (χ1n) is 6.25. The lowest BCUT2D eigenvalue weighted by molar-refractivity contribution is -0.137. The summed E-state index contributed by atoms with van der Waals surface area (Å²) < 4.78 is 0. The van der Waals surface area contributed by atoms with Crippen molar-refractivity contribution in [2.75, 3.05) is 11.9 Å². The summed E-state index contributed by atoms with van der Waals surface area (Å²) in [4.78, 5) is 27.3. The molecule has 1 rings (SSSR count). The van der Waals surface area contributed by atoms with Crippen LogP contribution in [0.1, 0.15) is 23.4 Å². The molecule has 0 fully saturated rings. The summed E-state index contributed by atoms with van der Waals surface area (Å²) in [6.45, 7) is 4.02. The van der Waals surface area contributed by atoms with Crippen molar-refractivity contribution in [2.24, 2.45) is 0 Å². The first-order chi connectivity index (χ1) is 9.93. The number of nitrogens with one attached hydrogen (secondary N) is 2. The standard InChI is InChI=1S/C13H16N4O3S/c1-8-9(2)21-13(17-8)16-7-10(6-14)12(20)15-5-3-4-11(18)19/h7H,3-5H2,1-2H3,(H,15,20)(H,16,17)(H,18,19)/b10-7-. The maximum absolute atomic E-state index is 11.7. The number of hydrogen-bond acceptors (Lipinski definition) is 6. The molecule has 0 radical (unpaired) electrons. The molecular weight excluding hydrogens is 292 g/mol. The minimum absolute atomic E-state index is 0.0260. The zero-order valence-electron chi connectivity index (χ0n) is 11.8. The van der Waals surface area contributed by atoms with Crippen molar-refractivity contribution in [1.29, 1.82) is 5.26 Å². The van der Waals surface area contributed by atoms with E-state index in [2.05, 4.69) is 15.6 Å². The largest absolute Gasteiger partial charge is 0.481 e. The molecule has 0 bridgehead atoms. The second-order valence-electron chi connectivity index (χ2n) is 4.23. The summed E-state index contributed by atoms with van der Waals surface area (Å²) in [6.07, 6.45) is 1.59. The van der Waals surface area contributed by atoms with E-state index in [1.807, 2.05) is 13.8 Å². The number of carboxylic acid groups (broad SMARTS) is 1. The number of carboxylic acids is 1. The number of anilines is 1. The van der Waals surface area contributed by atoms with Crippen molar-refractivity contribution in [3.63, 3.8) is 0 Å². The Kier molecular flexibility index (Phi) is 6.36. The van der Waals surface area contributed by atoms with Gasteiger partial charge < -0.3 is 15.7 Å². The third-order valence-corrected chi connectivity index (χ3v) is 3.59. The van der Waals surface area contributed by atoms with Crippen LogP contribution in [0.25, 0.3) is 0 Å². The van der Waals surface area contributed by atoms with Crippen LogP contribution in [0.5, 0.6) is 0 Å². The highest BCUT2D eigenvalue weighted by molar-refractivity contribution is 7.15. The van der Waals surface area contributed by atoms with E-state index >= 15 is 0 Å². The van der Waals surface area contributed by atoms with Crippen LogP contribution in [0.4, 0.5) is 5.13 Å². The summed E-state index contributed by atoms with van der Waals surface area (Å²) >= 11 is 1.43. The number of aromatic nitrogens is 1. The van der Waals surface area contributed by atoms with E-state index in [0.29, 0.717) is 11.6 Å². The molecule has 7 nitrogen and oxygen atoms in total. The van der Waals surface area contributed by atoms with Crippen molar-refractivity contribution in [3.8, 4) is 6.07 Å². The third-order valence-electron chi connectivity index (χ3n) is 2.59. The van der Waals surface area contributed by atoms with Crippen LogP contribution in [-0.4, -0.2) is 28.5 Å². The number of thiazole rings is 1. The fraction of sp³-hybridized carbons (Fsp3) is 0.385. The maximum Gasteiger partial charge on any atom is 0.303 e. The van der Waals surface area contributed by atoms with Gasteiger partial charge >= 0.3 is 5.97 Å². The molecule has 1 aromatic heterocycles. The third kappa shape index (κ3) is 5.62. The summed E-state index contributed by atoms with van der Waals surface area (Å²) in [6, 6.07) is 1.79. The van der Waals surface area contributed by atoms with E-state index in [1.165, 1.54) is 17.5 Å². The predicted molar refractivity (Wildman–Crippen MR) is 78.8 cm³/mol. The number of carbonyl (C=O) groups is 2. The molecule has 0 atom stereocenters. The van der Waals surface area contributed by atoms with Crippen LogP contribution >= 0.6 is 11.3 Å². The highest BCUT2D eigenvalue weighted by Gasteiger charge is 2.09. The van der Waals surface area contributed by atoms with Crippen molar-refractivity contribution in [1.82, 2.24) is 10.3 Å². The van der Waals surface area contributed by atoms with E-state index in [4.69, 9.17) is 10.4 Å². The van der Waals surface area contributed by atoms with Gasteiger partial charge in [0.15, 0.2) is 5.13 Å². The Bertz CT molecular complexity index is 582. The number of aryl methyl sites for hydroxylation is 2. The molecule has 0 aliphatic heterocycles. The molecule has 1 aromatic rings. The topological polar surface area (TPSA) is 115 Å². The summed E-state index contributed by atoms with van der Waals surface area (Å²) in [5.41, 5.74) is 0.809. The minimum Gasteiger partial charge on any atom is -0.481 e. The van der Waals surface area contributed by atoms with Gasteiger partial charge in [-0.05, 0) is 20.3 Å². The van der Waals surface area contributed by atoms with Crippen molar-refractivity contribution < 1.29 is 14.7 Å². The zero-order chi connectivity index (χ0) is 15.8. The smallest absolute Gasteiger partial charge is 0.303 e. The normalized spacial score (nSPS) is 10.8. The molecule has 0 spiro atoms. The second kappa shape index (κ2) is 8.01. The zero-order valence-corrected chi connectivity index (χ0v) is 12.6. The number of amides is 1. The first-order valence-corrected chi connectivity index (χ1v) is 7.06. The Labute approximate surface area is 126 Å². The molecule has 1 heterocycles. The number of nitrogens with zero attached hydrogens (tertiary/aromatic N) is 2. The molecule has 112 valence electrons. The minimum atomic E-state index is -0.920. The lowest BCUT2D eigenvalue weighted by Gasteiger charge is -2.03. The van der Waals surface area contributed by atoms with Gasteiger partial charge in [0.2, 0.25) is 0 Å². The van der Waals surface area contributed by atoms with Gasteiger partial charge in [-0.15, -0.1) is 11.3 Å². The van der Waals surface area contributed by atoms with E-state index in [1.54, 1.807) is 6.07 Å². The highest BCUT2D eigenvalue weighted by atomic mass is 32.1. The summed E-state index contributed by atoms with van der Waals surface area (Å²) in [5.74, 6) is -1.46. The molecule has 8 heteroatoms. The predicted octanol–water partition coefficient (Wildman–Crippen LogP) is 1.56. The lowest BCUT2D eigenvalue weighted by Crippen LogP contribution is -2.26. The van der Waals surface area contributed by atoms with Crippen molar-refractivity contribution in [3.05, 3.63) is 22.3 Å². The van der Waals surface area contributed by atoms with Gasteiger partial charge in [-0.25, -0.2) is 4.98 Å². The fourth-order valence-electron chi connectivity index (χ4n) is 1.35. The van der Waals surface area contributed by atoms with Crippen molar-refractivity contribution in [2.45, 2.75) is 26.7 Å². The van der Waals surface area contributed by atoms with Crippen LogP contribution < -0.4 is 10.6 Å². The number of carbonyl (C=O) groups excluding carboxylic acids is 1. The van der Waals surface area contributed by atoms with E-state index in [-0.39, 0.29) is 18.5 Å². The monoisotopic (exact) mass is 308 g/mol. The molecule has 0 aliphatic carbocycles. The quantitative estimate of drug-likeness (QED) is 0.400. The Morgan fingerprint density at radius 1 is 1.48 bits per heavy atom. The van der Waals surface area contributed by atoms with E-state index in [0.717, 1.165) is 10.6 Å². The van der Waals surface area contributed by atoms with E-state index < -0.39 is 11.9 Å². The molecular formula is C13H16N4O3S. The Hall–Kier alpha value is -2.40. The van der Waals surface area contributed by atoms with Crippen LogP contribution in [0.15, 0.2) is 11.8 Å². The lowest BCUT2D eigenvalue weighted by atomic mass is 10.2. The van der Waals surface area contributed by atoms with Crippen LogP contribution in [0.2, 0.25) is 0 Å². The molecule has 1 amide bonds. The van der Waals surface area contributed by atoms with Gasteiger partial charge in [-0.1, -0.05) is 0 Å². The summed E-state index contributed by atoms with van der Waals surface area (Å²) in [5, 5.41) is 23.3. The molecule has 3 N–H and O–H groups in total. The maximum atomic E-state index is 11.7. The highest BCUT2D eigenvalue weighted by Crippen LogP contribution is 2.21. The van der Waals surface area contributed by atoms with E-state index in [9.17, 15) is 9.59 Å². The Morgan fingerprint density at radius 3 is 2.71 bits per heavy atom. The van der Waals surface area contributed by atoms with Gasteiger partial charge in [0.05, 0.1) is 5.69 Å². The number of nitriles is 1. The molecule has 0 unspecified atom stereocenters. The van der Waals surface area contributed by atoms with Gasteiger partial charge in [-0.2, -0.15) is 5.26 Å².